The summed E-state index contributed by atoms with van der Waals surface area (Å²) in [5, 5.41) is 10.3. The molecule has 5 heteroatoms. The van der Waals surface area contributed by atoms with Gasteiger partial charge in [-0.1, -0.05) is 57.8 Å². The number of carbonyl (C=O) groups excluding carboxylic acids is 1. The number of carbonyl (C=O) groups is 1. The molecule has 2 aromatic rings. The molecule has 0 heterocycles. The van der Waals surface area contributed by atoms with Gasteiger partial charge in [-0.05, 0) is 67.6 Å². The van der Waals surface area contributed by atoms with Crippen molar-refractivity contribution in [3.05, 3.63) is 67.6 Å². The van der Waals surface area contributed by atoms with Crippen molar-refractivity contribution in [2.24, 2.45) is 0 Å². The lowest BCUT2D eigenvalue weighted by molar-refractivity contribution is 0.0283. The van der Waals surface area contributed by atoms with Crippen LogP contribution in [0.15, 0.2) is 45.3 Å². The smallest absolute Gasteiger partial charge is 0.337 e. The molecule has 1 N–H and O–H groups in total. The Morgan fingerprint density at radius 2 is 1.50 bits per heavy atom. The Bertz CT molecular complexity index is 753. The number of esters is 1. The zero-order valence-corrected chi connectivity index (χ0v) is 19.1. The molecule has 0 bridgehead atoms. The van der Waals surface area contributed by atoms with Crippen molar-refractivity contribution < 1.29 is 14.6 Å². The van der Waals surface area contributed by atoms with E-state index in [1.807, 2.05) is 45.9 Å². The normalized spacial score (nSPS) is 10.8. The molecule has 0 aliphatic carbocycles. The number of benzene rings is 2. The summed E-state index contributed by atoms with van der Waals surface area (Å²) in [5.41, 5.74) is 3.13. The highest BCUT2D eigenvalue weighted by molar-refractivity contribution is 9.10. The van der Waals surface area contributed by atoms with Gasteiger partial charge in [-0.2, -0.15) is 0 Å². The Morgan fingerprint density at radius 1 is 1.00 bits per heavy atom. The van der Waals surface area contributed by atoms with Crippen molar-refractivity contribution in [2.75, 3.05) is 7.11 Å². The van der Waals surface area contributed by atoms with E-state index < -0.39 is 5.60 Å². The zero-order chi connectivity index (χ0) is 19.9. The summed E-state index contributed by atoms with van der Waals surface area (Å²) in [4.78, 5) is 11.0. The summed E-state index contributed by atoms with van der Waals surface area (Å²) in [6.45, 7) is 8.00. The summed E-state index contributed by atoms with van der Waals surface area (Å²) in [5.74, 6) is -0.300. The first-order valence-electron chi connectivity index (χ1n) is 8.52. The topological polar surface area (TPSA) is 46.5 Å². The minimum Gasteiger partial charge on any atom is -0.465 e. The maximum Gasteiger partial charge on any atom is 0.337 e. The third kappa shape index (κ3) is 5.93. The van der Waals surface area contributed by atoms with E-state index in [4.69, 9.17) is 0 Å². The Hall–Kier alpha value is -1.17. The molecule has 0 spiro atoms. The molecule has 2 rings (SSSR count). The maximum absolute atomic E-state index is 11.0. The van der Waals surface area contributed by atoms with E-state index in [0.29, 0.717) is 5.56 Å². The van der Waals surface area contributed by atoms with Gasteiger partial charge in [0.1, 0.15) is 0 Å². The number of ether oxygens (including phenoxy) is 1. The first-order chi connectivity index (χ1) is 12.2. The number of rotatable bonds is 4. The molecular formula is C21H26Br2O3. The Morgan fingerprint density at radius 3 is 1.92 bits per heavy atom. The Balaban J connectivity index is 0.000000263. The summed E-state index contributed by atoms with van der Waals surface area (Å²) in [7, 11) is 1.37. The molecule has 2 aromatic carbocycles. The molecule has 0 radical (unpaired) electrons. The lowest BCUT2D eigenvalue weighted by Gasteiger charge is -2.26. The van der Waals surface area contributed by atoms with Gasteiger partial charge in [-0.15, -0.1) is 0 Å². The molecule has 0 unspecified atom stereocenters. The van der Waals surface area contributed by atoms with Gasteiger partial charge in [0.25, 0.3) is 0 Å². The van der Waals surface area contributed by atoms with E-state index >= 15 is 0 Å². The van der Waals surface area contributed by atoms with Crippen LogP contribution in [0, 0.1) is 13.8 Å². The van der Waals surface area contributed by atoms with Crippen molar-refractivity contribution in [2.45, 2.75) is 46.1 Å². The van der Waals surface area contributed by atoms with Gasteiger partial charge in [0, 0.05) is 8.95 Å². The molecule has 0 amide bonds. The van der Waals surface area contributed by atoms with Crippen molar-refractivity contribution >= 4 is 37.8 Å². The van der Waals surface area contributed by atoms with Crippen LogP contribution in [0.3, 0.4) is 0 Å². The minimum atomic E-state index is -0.661. The molecule has 3 nitrogen and oxygen atoms in total. The largest absolute Gasteiger partial charge is 0.465 e. The number of aryl methyl sites for hydroxylation is 2. The number of halogens is 2. The molecular weight excluding hydrogens is 460 g/mol. The van der Waals surface area contributed by atoms with E-state index in [-0.39, 0.29) is 5.97 Å². The second-order valence-electron chi connectivity index (χ2n) is 6.16. The van der Waals surface area contributed by atoms with Crippen LogP contribution < -0.4 is 0 Å². The molecule has 0 aliphatic heterocycles. The molecule has 26 heavy (non-hydrogen) atoms. The average Bonchev–Trinajstić information content (AvgIpc) is 2.65. The van der Waals surface area contributed by atoms with Gasteiger partial charge in [0.15, 0.2) is 0 Å². The van der Waals surface area contributed by atoms with Gasteiger partial charge in [-0.25, -0.2) is 4.79 Å². The monoisotopic (exact) mass is 484 g/mol. The van der Waals surface area contributed by atoms with Gasteiger partial charge in [0.2, 0.25) is 0 Å². The first kappa shape index (κ1) is 22.9. The quantitative estimate of drug-likeness (QED) is 0.516. The van der Waals surface area contributed by atoms with Crippen molar-refractivity contribution in [3.8, 4) is 0 Å². The van der Waals surface area contributed by atoms with E-state index in [9.17, 15) is 9.90 Å². The molecule has 0 saturated carbocycles. The highest BCUT2D eigenvalue weighted by atomic mass is 79.9. The minimum absolute atomic E-state index is 0.300. The lowest BCUT2D eigenvalue weighted by atomic mass is 9.88. The van der Waals surface area contributed by atoms with Crippen LogP contribution in [0.4, 0.5) is 0 Å². The maximum atomic E-state index is 11.0. The van der Waals surface area contributed by atoms with E-state index in [1.165, 1.54) is 12.7 Å². The van der Waals surface area contributed by atoms with Crippen LogP contribution in [0.2, 0.25) is 0 Å². The number of hydrogen-bond donors (Lipinski definition) is 1. The van der Waals surface area contributed by atoms with Crippen LogP contribution in [-0.2, 0) is 10.3 Å². The third-order valence-corrected chi connectivity index (χ3v) is 6.22. The second kappa shape index (κ2) is 10.2. The fourth-order valence-corrected chi connectivity index (χ4v) is 2.98. The fourth-order valence-electron chi connectivity index (χ4n) is 2.48. The fraction of sp³-hybridized carbons (Fsp3) is 0.381. The zero-order valence-electron chi connectivity index (χ0n) is 15.9. The van der Waals surface area contributed by atoms with Gasteiger partial charge < -0.3 is 9.84 Å². The van der Waals surface area contributed by atoms with Gasteiger partial charge in [-0.3, -0.25) is 0 Å². The predicted octanol–water partition coefficient (Wildman–Crippen LogP) is 6.31. The van der Waals surface area contributed by atoms with Gasteiger partial charge in [0.05, 0.1) is 18.3 Å². The highest BCUT2D eigenvalue weighted by Gasteiger charge is 2.24. The van der Waals surface area contributed by atoms with Crippen LogP contribution in [0.5, 0.6) is 0 Å². The summed E-state index contributed by atoms with van der Waals surface area (Å²) < 4.78 is 6.67. The Kier molecular flexibility index (Phi) is 9.01. The number of aliphatic hydroxyl groups is 1. The Labute approximate surface area is 173 Å². The molecule has 0 fully saturated rings. The van der Waals surface area contributed by atoms with Gasteiger partial charge >= 0.3 is 5.97 Å². The number of methoxy groups -OCH3 is 1. The van der Waals surface area contributed by atoms with E-state index in [1.54, 1.807) is 12.1 Å². The average molecular weight is 486 g/mol. The summed E-state index contributed by atoms with van der Waals surface area (Å²) in [6.07, 6.45) is 1.51. The van der Waals surface area contributed by atoms with Crippen LogP contribution in [0.25, 0.3) is 0 Å². The van der Waals surface area contributed by atoms with Crippen molar-refractivity contribution in [1.29, 1.82) is 0 Å². The molecule has 0 atom stereocenters. The summed E-state index contributed by atoms with van der Waals surface area (Å²) >= 11 is 6.81. The number of hydrogen-bond acceptors (Lipinski definition) is 3. The van der Waals surface area contributed by atoms with Crippen LogP contribution in [-0.4, -0.2) is 18.2 Å². The van der Waals surface area contributed by atoms with Crippen molar-refractivity contribution in [3.63, 3.8) is 0 Å². The molecule has 142 valence electrons. The SMILES string of the molecule is CCC(O)(CC)c1ccc(Br)c(C)c1.COC(=O)c1ccc(Br)c(C)c1. The predicted molar refractivity (Wildman–Crippen MR) is 114 cm³/mol. The van der Waals surface area contributed by atoms with Crippen LogP contribution >= 0.6 is 31.9 Å². The van der Waals surface area contributed by atoms with E-state index in [2.05, 4.69) is 42.7 Å². The van der Waals surface area contributed by atoms with Crippen molar-refractivity contribution in [1.82, 2.24) is 0 Å². The molecule has 0 aliphatic rings. The molecule has 0 aromatic heterocycles. The highest BCUT2D eigenvalue weighted by Crippen LogP contribution is 2.30. The van der Waals surface area contributed by atoms with Crippen LogP contribution in [0.1, 0.15) is 53.7 Å². The summed E-state index contributed by atoms with van der Waals surface area (Å²) in [6, 6.07) is 11.4. The third-order valence-electron chi connectivity index (χ3n) is 4.44. The standard InChI is InChI=1S/C12H17BrO.C9H9BrO2/c1-4-12(14,5-2)10-6-7-11(13)9(3)8-10;1-6-5-7(9(11)12-2)3-4-8(6)10/h6-8,14H,4-5H2,1-3H3;3-5H,1-2H3. The molecule has 0 saturated heterocycles. The first-order valence-corrected chi connectivity index (χ1v) is 10.1. The lowest BCUT2D eigenvalue weighted by Crippen LogP contribution is -2.23. The second-order valence-corrected chi connectivity index (χ2v) is 7.87. The van der Waals surface area contributed by atoms with E-state index in [0.717, 1.165) is 32.9 Å².